The number of amides is 2. The van der Waals surface area contributed by atoms with Gasteiger partial charge in [0.15, 0.2) is 5.16 Å². The van der Waals surface area contributed by atoms with Crippen LogP contribution in [0.25, 0.3) is 15.9 Å². The van der Waals surface area contributed by atoms with Gasteiger partial charge in [-0.15, -0.1) is 11.3 Å². The first kappa shape index (κ1) is 25.2. The van der Waals surface area contributed by atoms with Crippen LogP contribution < -0.4 is 16.2 Å². The van der Waals surface area contributed by atoms with E-state index >= 15 is 0 Å². The van der Waals surface area contributed by atoms with Crippen molar-refractivity contribution >= 4 is 56.5 Å². The summed E-state index contributed by atoms with van der Waals surface area (Å²) in [5.74, 6) is -0.259. The van der Waals surface area contributed by atoms with E-state index < -0.39 is 0 Å². The van der Waals surface area contributed by atoms with Gasteiger partial charge in [0.25, 0.3) is 5.56 Å². The number of nitrogens with one attached hydrogen (secondary N) is 2. The van der Waals surface area contributed by atoms with Crippen LogP contribution in [0.4, 0.5) is 11.4 Å². The molecule has 2 heterocycles. The van der Waals surface area contributed by atoms with Crippen molar-refractivity contribution in [3.63, 3.8) is 0 Å². The van der Waals surface area contributed by atoms with Gasteiger partial charge in [-0.05, 0) is 81.0 Å². The van der Waals surface area contributed by atoms with E-state index in [2.05, 4.69) is 16.7 Å². The summed E-state index contributed by atoms with van der Waals surface area (Å²) >= 11 is 2.87. The van der Waals surface area contributed by atoms with Gasteiger partial charge >= 0.3 is 0 Å². The zero-order valence-electron chi connectivity index (χ0n) is 21.0. The molecule has 2 amide bonds. The maximum atomic E-state index is 13.9. The number of rotatable bonds is 6. The summed E-state index contributed by atoms with van der Waals surface area (Å²) < 4.78 is 1.68. The Kier molecular flexibility index (Phi) is 7.17. The van der Waals surface area contributed by atoms with Gasteiger partial charge in [-0.1, -0.05) is 29.5 Å². The molecule has 0 aliphatic heterocycles. The van der Waals surface area contributed by atoms with Gasteiger partial charge in [-0.2, -0.15) is 0 Å². The third-order valence-electron chi connectivity index (χ3n) is 6.37. The summed E-state index contributed by atoms with van der Waals surface area (Å²) in [7, 11) is 0. The van der Waals surface area contributed by atoms with Crippen LogP contribution in [0.3, 0.4) is 0 Å². The van der Waals surface area contributed by atoms with Crippen LogP contribution in [0.15, 0.2) is 52.4 Å². The number of fused-ring (bicyclic) bond motifs is 3. The van der Waals surface area contributed by atoms with Crippen LogP contribution >= 0.6 is 23.1 Å². The monoisotopic (exact) mass is 532 g/mol. The number of benzene rings is 2. The largest absolute Gasteiger partial charge is 0.326 e. The molecule has 7 nitrogen and oxygen atoms in total. The van der Waals surface area contributed by atoms with Crippen LogP contribution in [0.1, 0.15) is 41.3 Å². The highest BCUT2D eigenvalue weighted by molar-refractivity contribution is 7.99. The molecule has 0 saturated carbocycles. The number of aryl methyl sites for hydroxylation is 4. The summed E-state index contributed by atoms with van der Waals surface area (Å²) in [6, 6.07) is 12.9. The van der Waals surface area contributed by atoms with Gasteiger partial charge in [0.05, 0.1) is 16.8 Å². The molecule has 4 aromatic rings. The molecular weight excluding hydrogens is 504 g/mol. The molecule has 190 valence electrons. The average molecular weight is 533 g/mol. The lowest BCUT2D eigenvalue weighted by molar-refractivity contribution is -0.114. The van der Waals surface area contributed by atoms with Crippen molar-refractivity contribution in [1.82, 2.24) is 9.55 Å². The van der Waals surface area contributed by atoms with Crippen molar-refractivity contribution in [3.8, 4) is 5.69 Å². The summed E-state index contributed by atoms with van der Waals surface area (Å²) in [4.78, 5) is 44.9. The van der Waals surface area contributed by atoms with Crippen LogP contribution in [0.5, 0.6) is 0 Å². The topological polar surface area (TPSA) is 93.1 Å². The number of carbonyl (C=O) groups is 2. The minimum absolute atomic E-state index is 0.0622. The predicted octanol–water partition coefficient (Wildman–Crippen LogP) is 5.63. The number of thioether (sulfide) groups is 1. The van der Waals surface area contributed by atoms with Crippen molar-refractivity contribution in [2.75, 3.05) is 16.4 Å². The quantitative estimate of drug-likeness (QED) is 0.248. The van der Waals surface area contributed by atoms with Crippen molar-refractivity contribution in [1.29, 1.82) is 0 Å². The Morgan fingerprint density at radius 1 is 1.03 bits per heavy atom. The van der Waals surface area contributed by atoms with E-state index in [-0.39, 0.29) is 23.1 Å². The first-order valence-electron chi connectivity index (χ1n) is 12.3. The number of hydrogen-bond acceptors (Lipinski definition) is 6. The molecule has 1 aliphatic carbocycles. The smallest absolute Gasteiger partial charge is 0.267 e. The first-order valence-corrected chi connectivity index (χ1v) is 14.1. The lowest BCUT2D eigenvalue weighted by Crippen LogP contribution is -2.24. The number of thiophene rings is 1. The normalized spacial score (nSPS) is 12.8. The summed E-state index contributed by atoms with van der Waals surface area (Å²) in [5.41, 5.74) is 5.27. The summed E-state index contributed by atoms with van der Waals surface area (Å²) in [5, 5.41) is 6.82. The fourth-order valence-electron chi connectivity index (χ4n) is 4.72. The Balaban J connectivity index is 1.46. The van der Waals surface area contributed by atoms with Gasteiger partial charge in [-0.25, -0.2) is 4.98 Å². The maximum Gasteiger partial charge on any atom is 0.267 e. The molecule has 37 heavy (non-hydrogen) atoms. The van der Waals surface area contributed by atoms with Gasteiger partial charge < -0.3 is 10.6 Å². The molecule has 2 N–H and O–H groups in total. The highest BCUT2D eigenvalue weighted by atomic mass is 32.2. The second-order valence-electron chi connectivity index (χ2n) is 9.31. The molecular formula is C28H28N4O3S2. The fourth-order valence-corrected chi connectivity index (χ4v) is 6.83. The van der Waals surface area contributed by atoms with Crippen LogP contribution in [0, 0.1) is 13.8 Å². The molecule has 5 rings (SSSR count). The molecule has 0 spiro atoms. The molecule has 2 aromatic heterocycles. The molecule has 9 heteroatoms. The van der Waals surface area contributed by atoms with Gasteiger partial charge in [0.1, 0.15) is 4.83 Å². The zero-order chi connectivity index (χ0) is 26.1. The molecule has 0 atom stereocenters. The van der Waals surface area contributed by atoms with Gasteiger partial charge in [0.2, 0.25) is 11.8 Å². The van der Waals surface area contributed by atoms with Crippen molar-refractivity contribution < 1.29 is 9.59 Å². The number of aromatic nitrogens is 2. The van der Waals surface area contributed by atoms with Crippen molar-refractivity contribution in [2.45, 2.75) is 51.6 Å². The predicted molar refractivity (Wildman–Crippen MR) is 151 cm³/mol. The lowest BCUT2D eigenvalue weighted by atomic mass is 9.97. The third kappa shape index (κ3) is 5.33. The number of anilines is 2. The number of hydrogen-bond donors (Lipinski definition) is 2. The minimum Gasteiger partial charge on any atom is -0.326 e. The van der Waals surface area contributed by atoms with Crippen LogP contribution in [-0.2, 0) is 22.4 Å². The second-order valence-corrected chi connectivity index (χ2v) is 11.3. The molecule has 0 saturated heterocycles. The zero-order valence-corrected chi connectivity index (χ0v) is 22.6. The summed E-state index contributed by atoms with van der Waals surface area (Å²) in [6.45, 7) is 5.47. The SMILES string of the molecule is CC(=O)Nc1ccc(NC(=O)CSc2nc3sc4c(c3c(=O)n2-c2ccc(C)cc2C)CCCC4)cc1. The van der Waals surface area contributed by atoms with E-state index in [0.29, 0.717) is 16.5 Å². The fraction of sp³-hybridized carbons (Fsp3) is 0.286. The van der Waals surface area contributed by atoms with Gasteiger partial charge in [-0.3, -0.25) is 19.0 Å². The summed E-state index contributed by atoms with van der Waals surface area (Å²) in [6.07, 6.45) is 4.13. The van der Waals surface area contributed by atoms with E-state index in [1.807, 2.05) is 26.0 Å². The van der Waals surface area contributed by atoms with E-state index in [1.54, 1.807) is 40.2 Å². The number of carbonyl (C=O) groups excluding carboxylic acids is 2. The maximum absolute atomic E-state index is 13.9. The van der Waals surface area contributed by atoms with E-state index in [9.17, 15) is 14.4 Å². The molecule has 2 aromatic carbocycles. The molecule has 0 unspecified atom stereocenters. The Morgan fingerprint density at radius 3 is 2.43 bits per heavy atom. The Hall–Kier alpha value is -3.43. The van der Waals surface area contributed by atoms with Crippen molar-refractivity contribution in [3.05, 3.63) is 74.4 Å². The minimum atomic E-state index is -0.204. The second kappa shape index (κ2) is 10.5. The lowest BCUT2D eigenvalue weighted by Gasteiger charge is -2.15. The van der Waals surface area contributed by atoms with Crippen LogP contribution in [-0.4, -0.2) is 27.1 Å². The van der Waals surface area contributed by atoms with Crippen LogP contribution in [0.2, 0.25) is 0 Å². The standard InChI is InChI=1S/C28H28N4O3S2/c1-16-8-13-22(17(2)14-16)32-27(35)25-21-6-4-5-7-23(21)37-26(25)31-28(32)36-15-24(34)30-20-11-9-19(10-12-20)29-18(3)33/h8-14H,4-7,15H2,1-3H3,(H,29,33)(H,30,34). The Bertz CT molecular complexity index is 1570. The highest BCUT2D eigenvalue weighted by Crippen LogP contribution is 2.35. The number of nitrogens with zero attached hydrogens (tertiary/aromatic N) is 2. The average Bonchev–Trinajstić information content (AvgIpc) is 3.23. The molecule has 0 bridgehead atoms. The Morgan fingerprint density at radius 2 is 1.73 bits per heavy atom. The van der Waals surface area contributed by atoms with Gasteiger partial charge in [0, 0.05) is 23.2 Å². The van der Waals surface area contributed by atoms with E-state index in [0.717, 1.165) is 58.3 Å². The van der Waals surface area contributed by atoms with Crippen molar-refractivity contribution in [2.24, 2.45) is 0 Å². The van der Waals surface area contributed by atoms with E-state index in [1.165, 1.54) is 23.6 Å². The highest BCUT2D eigenvalue weighted by Gasteiger charge is 2.23. The molecule has 0 fully saturated rings. The molecule has 1 aliphatic rings. The Labute approximate surface area is 223 Å². The molecule has 0 radical (unpaired) electrons. The first-order chi connectivity index (χ1) is 17.8. The van der Waals surface area contributed by atoms with E-state index in [4.69, 9.17) is 4.98 Å². The third-order valence-corrected chi connectivity index (χ3v) is 8.50.